The number of rotatable bonds is 4. The highest BCUT2D eigenvalue weighted by atomic mass is 32.1. The minimum atomic E-state index is -0.371. The summed E-state index contributed by atoms with van der Waals surface area (Å²) >= 11 is 1.55. The van der Waals surface area contributed by atoms with Crippen LogP contribution in [0.3, 0.4) is 0 Å². The summed E-state index contributed by atoms with van der Waals surface area (Å²) < 4.78 is 0. The Hall–Kier alpha value is -2.41. The van der Waals surface area contributed by atoms with E-state index in [4.69, 9.17) is 0 Å². The first-order chi connectivity index (χ1) is 11.4. The molecule has 1 aromatic carbocycles. The standard InChI is InChI=1S/C17H19N3O3S/c1-11-18-13(10-24-11)9-19(2)17(23)12-6-16(22)20(8-12)14-4-3-5-15(21)7-14/h3-5,7,10,12,21H,6,8-9H2,1-2H3/t12-/m0/s1. The number of carbonyl (C=O) groups is 2. The average Bonchev–Trinajstić information content (AvgIpc) is 3.12. The van der Waals surface area contributed by atoms with E-state index in [0.717, 1.165) is 10.7 Å². The zero-order valence-corrected chi connectivity index (χ0v) is 14.4. The summed E-state index contributed by atoms with van der Waals surface area (Å²) in [6.07, 6.45) is 0.189. The van der Waals surface area contributed by atoms with Crippen molar-refractivity contribution in [3.05, 3.63) is 40.3 Å². The number of aromatic nitrogens is 1. The predicted octanol–water partition coefficient (Wildman–Crippen LogP) is 2.17. The molecule has 24 heavy (non-hydrogen) atoms. The lowest BCUT2D eigenvalue weighted by atomic mass is 10.1. The van der Waals surface area contributed by atoms with Crippen LogP contribution in [-0.2, 0) is 16.1 Å². The second-order valence-corrected chi connectivity index (χ2v) is 7.04. The maximum atomic E-state index is 12.6. The number of benzene rings is 1. The summed E-state index contributed by atoms with van der Waals surface area (Å²) in [6.45, 7) is 2.71. The number of anilines is 1. The molecule has 2 heterocycles. The highest BCUT2D eigenvalue weighted by molar-refractivity contribution is 7.09. The Bertz CT molecular complexity index is 774. The zero-order valence-electron chi connectivity index (χ0n) is 13.6. The molecule has 0 saturated carbocycles. The normalized spacial score (nSPS) is 17.3. The Balaban J connectivity index is 1.67. The lowest BCUT2D eigenvalue weighted by Gasteiger charge is -2.21. The Morgan fingerprint density at radius 1 is 1.50 bits per heavy atom. The van der Waals surface area contributed by atoms with Gasteiger partial charge in [-0.2, -0.15) is 0 Å². The van der Waals surface area contributed by atoms with Crippen LogP contribution in [0.5, 0.6) is 5.75 Å². The number of aryl methyl sites for hydroxylation is 1. The summed E-state index contributed by atoms with van der Waals surface area (Å²) in [6, 6.07) is 6.53. The van der Waals surface area contributed by atoms with E-state index in [2.05, 4.69) is 4.98 Å². The van der Waals surface area contributed by atoms with E-state index in [1.807, 2.05) is 12.3 Å². The molecule has 0 spiro atoms. The van der Waals surface area contributed by atoms with Crippen molar-refractivity contribution in [1.29, 1.82) is 0 Å². The molecule has 0 unspecified atom stereocenters. The molecule has 0 radical (unpaired) electrons. The predicted molar refractivity (Wildman–Crippen MR) is 91.9 cm³/mol. The maximum Gasteiger partial charge on any atom is 0.228 e. The minimum Gasteiger partial charge on any atom is -0.508 e. The summed E-state index contributed by atoms with van der Waals surface area (Å²) in [7, 11) is 1.73. The van der Waals surface area contributed by atoms with Gasteiger partial charge in [0.1, 0.15) is 5.75 Å². The van der Waals surface area contributed by atoms with E-state index in [1.54, 1.807) is 46.4 Å². The molecule has 2 aromatic rings. The number of carbonyl (C=O) groups excluding carboxylic acids is 2. The smallest absolute Gasteiger partial charge is 0.228 e. The lowest BCUT2D eigenvalue weighted by molar-refractivity contribution is -0.135. The fourth-order valence-electron chi connectivity index (χ4n) is 2.90. The fourth-order valence-corrected chi connectivity index (χ4v) is 3.50. The fraction of sp³-hybridized carbons (Fsp3) is 0.353. The van der Waals surface area contributed by atoms with Crippen molar-refractivity contribution in [3.63, 3.8) is 0 Å². The van der Waals surface area contributed by atoms with Gasteiger partial charge in [-0.15, -0.1) is 11.3 Å². The lowest BCUT2D eigenvalue weighted by Crippen LogP contribution is -2.34. The molecule has 1 saturated heterocycles. The molecule has 126 valence electrons. The van der Waals surface area contributed by atoms with Gasteiger partial charge in [0.15, 0.2) is 0 Å². The molecule has 1 aliphatic heterocycles. The van der Waals surface area contributed by atoms with Crippen LogP contribution >= 0.6 is 11.3 Å². The van der Waals surface area contributed by atoms with Crippen LogP contribution < -0.4 is 4.90 Å². The molecule has 3 rings (SSSR count). The van der Waals surface area contributed by atoms with Gasteiger partial charge in [-0.05, 0) is 19.1 Å². The monoisotopic (exact) mass is 345 g/mol. The number of amides is 2. The molecule has 1 aromatic heterocycles. The van der Waals surface area contributed by atoms with Crippen molar-refractivity contribution in [3.8, 4) is 5.75 Å². The molecular formula is C17H19N3O3S. The SMILES string of the molecule is Cc1nc(CN(C)C(=O)[C@H]2CC(=O)N(c3cccc(O)c3)C2)cs1. The molecule has 0 bridgehead atoms. The van der Waals surface area contributed by atoms with Crippen molar-refractivity contribution in [2.45, 2.75) is 19.9 Å². The van der Waals surface area contributed by atoms with E-state index >= 15 is 0 Å². The Morgan fingerprint density at radius 2 is 2.29 bits per heavy atom. The minimum absolute atomic E-state index is 0.0587. The van der Waals surface area contributed by atoms with Crippen molar-refractivity contribution in [2.24, 2.45) is 5.92 Å². The first kappa shape index (κ1) is 16.4. The van der Waals surface area contributed by atoms with Gasteiger partial charge < -0.3 is 14.9 Å². The first-order valence-corrected chi connectivity index (χ1v) is 8.57. The number of aromatic hydroxyl groups is 1. The molecule has 2 amide bonds. The van der Waals surface area contributed by atoms with E-state index in [0.29, 0.717) is 18.8 Å². The van der Waals surface area contributed by atoms with Crippen molar-refractivity contribution < 1.29 is 14.7 Å². The van der Waals surface area contributed by atoms with Crippen LogP contribution in [-0.4, -0.2) is 40.4 Å². The highest BCUT2D eigenvalue weighted by Crippen LogP contribution is 2.28. The third kappa shape index (κ3) is 3.41. The van der Waals surface area contributed by atoms with Crippen molar-refractivity contribution in [2.75, 3.05) is 18.5 Å². The molecular weight excluding hydrogens is 326 g/mol. The Labute approximate surface area is 144 Å². The topological polar surface area (TPSA) is 73.7 Å². The third-order valence-corrected chi connectivity index (χ3v) is 4.88. The number of thiazole rings is 1. The molecule has 1 fully saturated rings. The van der Waals surface area contributed by atoms with Crippen LogP contribution in [0.4, 0.5) is 5.69 Å². The summed E-state index contributed by atoms with van der Waals surface area (Å²) in [5.41, 5.74) is 1.48. The summed E-state index contributed by atoms with van der Waals surface area (Å²) in [5.74, 6) is -0.427. The van der Waals surface area contributed by atoms with Gasteiger partial charge in [-0.25, -0.2) is 4.98 Å². The Morgan fingerprint density at radius 3 is 2.96 bits per heavy atom. The van der Waals surface area contributed by atoms with Gasteiger partial charge >= 0.3 is 0 Å². The quantitative estimate of drug-likeness (QED) is 0.922. The summed E-state index contributed by atoms with van der Waals surface area (Å²) in [4.78, 5) is 32.4. The van der Waals surface area contributed by atoms with Gasteiger partial charge in [0.2, 0.25) is 11.8 Å². The van der Waals surface area contributed by atoms with E-state index in [-0.39, 0.29) is 29.9 Å². The van der Waals surface area contributed by atoms with Gasteiger partial charge in [-0.1, -0.05) is 6.07 Å². The highest BCUT2D eigenvalue weighted by Gasteiger charge is 2.36. The molecule has 7 heteroatoms. The number of hydrogen-bond donors (Lipinski definition) is 1. The van der Waals surface area contributed by atoms with E-state index in [1.165, 1.54) is 6.07 Å². The first-order valence-electron chi connectivity index (χ1n) is 7.69. The number of phenols is 1. The number of phenolic OH excluding ortho intramolecular Hbond substituents is 1. The van der Waals surface area contributed by atoms with Crippen molar-refractivity contribution in [1.82, 2.24) is 9.88 Å². The largest absolute Gasteiger partial charge is 0.508 e. The van der Waals surface area contributed by atoms with Gasteiger partial charge in [0.25, 0.3) is 0 Å². The van der Waals surface area contributed by atoms with Crippen LogP contribution in [0, 0.1) is 12.8 Å². The Kier molecular flexibility index (Phi) is 4.53. The van der Waals surface area contributed by atoms with Crippen LogP contribution in [0.25, 0.3) is 0 Å². The average molecular weight is 345 g/mol. The second kappa shape index (κ2) is 6.60. The van der Waals surface area contributed by atoms with Gasteiger partial charge in [-0.3, -0.25) is 9.59 Å². The number of hydrogen-bond acceptors (Lipinski definition) is 5. The van der Waals surface area contributed by atoms with E-state index in [9.17, 15) is 14.7 Å². The maximum absolute atomic E-state index is 12.6. The summed E-state index contributed by atoms with van der Waals surface area (Å²) in [5, 5.41) is 12.5. The molecule has 1 aliphatic rings. The van der Waals surface area contributed by atoms with Crippen molar-refractivity contribution >= 4 is 28.8 Å². The molecule has 1 atom stereocenters. The molecule has 0 aliphatic carbocycles. The van der Waals surface area contributed by atoms with Crippen LogP contribution in [0.15, 0.2) is 29.6 Å². The third-order valence-electron chi connectivity index (χ3n) is 4.06. The van der Waals surface area contributed by atoms with Gasteiger partial charge in [0.05, 0.1) is 23.2 Å². The number of nitrogens with zero attached hydrogens (tertiary/aromatic N) is 3. The molecule has 6 nitrogen and oxygen atoms in total. The zero-order chi connectivity index (χ0) is 17.3. The van der Waals surface area contributed by atoms with Crippen LogP contribution in [0.1, 0.15) is 17.1 Å². The second-order valence-electron chi connectivity index (χ2n) is 5.98. The molecule has 1 N–H and O–H groups in total. The van der Waals surface area contributed by atoms with Gasteiger partial charge in [0, 0.05) is 37.1 Å². The van der Waals surface area contributed by atoms with Crippen LogP contribution in [0.2, 0.25) is 0 Å². The van der Waals surface area contributed by atoms with E-state index < -0.39 is 0 Å².